The monoisotopic (exact) mass is 362 g/mol. The molecule has 27 heavy (non-hydrogen) atoms. The highest BCUT2D eigenvalue weighted by atomic mass is 16.6. The topological polar surface area (TPSA) is 70.5 Å². The Morgan fingerprint density at radius 3 is 1.85 bits per heavy atom. The summed E-state index contributed by atoms with van der Waals surface area (Å²) in [6, 6.07) is 15.2. The van der Waals surface area contributed by atoms with Crippen molar-refractivity contribution in [1.82, 2.24) is 9.97 Å². The molecule has 1 heterocycles. The summed E-state index contributed by atoms with van der Waals surface area (Å²) in [6.07, 6.45) is 3.27. The summed E-state index contributed by atoms with van der Waals surface area (Å²) in [6.45, 7) is 3.53. The predicted octanol–water partition coefficient (Wildman–Crippen LogP) is 3.88. The average molecular weight is 362 g/mol. The zero-order chi connectivity index (χ0) is 19.2. The molecule has 0 atom stereocenters. The molecule has 6 nitrogen and oxygen atoms in total. The first-order valence-corrected chi connectivity index (χ1v) is 8.12. The van der Waals surface area contributed by atoms with Crippen LogP contribution in [0.25, 0.3) is 22.5 Å². The molecular weight excluding hydrogens is 344 g/mol. The van der Waals surface area contributed by atoms with Gasteiger partial charge in [0, 0.05) is 5.56 Å². The zero-order valence-electron chi connectivity index (χ0n) is 15.0. The zero-order valence-corrected chi connectivity index (χ0v) is 15.0. The molecule has 0 aliphatic rings. The van der Waals surface area contributed by atoms with Crippen LogP contribution in [-0.2, 0) is 9.53 Å². The number of benzene rings is 2. The number of hydrogen-bond donors (Lipinski definition) is 0. The Kier molecular flexibility index (Phi) is 5.47. The summed E-state index contributed by atoms with van der Waals surface area (Å²) in [7, 11) is 2.86. The highest BCUT2D eigenvalue weighted by Gasteiger charge is 2.09. The second-order valence-corrected chi connectivity index (χ2v) is 5.57. The van der Waals surface area contributed by atoms with E-state index in [1.54, 1.807) is 31.6 Å². The van der Waals surface area contributed by atoms with Gasteiger partial charge in [-0.15, -0.1) is 0 Å². The lowest BCUT2D eigenvalue weighted by Gasteiger charge is -2.08. The highest BCUT2D eigenvalue weighted by Crippen LogP contribution is 2.26. The van der Waals surface area contributed by atoms with Crippen molar-refractivity contribution in [3.63, 3.8) is 0 Å². The fourth-order valence-electron chi connectivity index (χ4n) is 2.40. The summed E-state index contributed by atoms with van der Waals surface area (Å²) in [5.41, 5.74) is 2.95. The molecule has 0 saturated carbocycles. The SMILES string of the molecule is C=C(Oc1ccc(-c2ccc(-c3ncc(OC)cn3)cc2)cc1)C(=O)OC. The van der Waals surface area contributed by atoms with Gasteiger partial charge in [-0.3, -0.25) is 0 Å². The van der Waals surface area contributed by atoms with E-state index in [2.05, 4.69) is 21.3 Å². The van der Waals surface area contributed by atoms with Crippen LogP contribution in [-0.4, -0.2) is 30.2 Å². The molecule has 0 N–H and O–H groups in total. The maximum absolute atomic E-state index is 11.3. The molecule has 3 rings (SSSR count). The number of methoxy groups -OCH3 is 2. The van der Waals surface area contributed by atoms with Gasteiger partial charge in [0.1, 0.15) is 5.75 Å². The largest absolute Gasteiger partial charge is 0.494 e. The van der Waals surface area contributed by atoms with Gasteiger partial charge >= 0.3 is 5.97 Å². The van der Waals surface area contributed by atoms with Crippen molar-refractivity contribution in [2.75, 3.05) is 14.2 Å². The van der Waals surface area contributed by atoms with E-state index in [0.29, 0.717) is 17.3 Å². The molecule has 0 spiro atoms. The van der Waals surface area contributed by atoms with Gasteiger partial charge in [-0.25, -0.2) is 14.8 Å². The average Bonchev–Trinajstić information content (AvgIpc) is 2.74. The van der Waals surface area contributed by atoms with Crippen LogP contribution in [0.4, 0.5) is 0 Å². The third-order valence-corrected chi connectivity index (χ3v) is 3.85. The molecule has 0 fully saturated rings. The van der Waals surface area contributed by atoms with Gasteiger partial charge < -0.3 is 14.2 Å². The molecule has 1 aromatic heterocycles. The van der Waals surface area contributed by atoms with E-state index in [1.165, 1.54) is 7.11 Å². The van der Waals surface area contributed by atoms with Gasteiger partial charge in [0.2, 0.25) is 5.76 Å². The minimum Gasteiger partial charge on any atom is -0.494 e. The first-order valence-electron chi connectivity index (χ1n) is 8.12. The molecule has 3 aromatic rings. The Morgan fingerprint density at radius 1 is 0.815 bits per heavy atom. The summed E-state index contributed by atoms with van der Waals surface area (Å²) in [4.78, 5) is 19.9. The molecular formula is C21H18N2O4. The molecule has 0 bridgehead atoms. The van der Waals surface area contributed by atoms with Crippen molar-refractivity contribution in [1.29, 1.82) is 0 Å². The van der Waals surface area contributed by atoms with E-state index < -0.39 is 5.97 Å². The molecule has 2 aromatic carbocycles. The maximum Gasteiger partial charge on any atom is 0.373 e. The quantitative estimate of drug-likeness (QED) is 0.376. The normalized spacial score (nSPS) is 10.1. The van der Waals surface area contributed by atoms with Gasteiger partial charge in [-0.2, -0.15) is 0 Å². The Hall–Kier alpha value is -3.67. The molecule has 0 radical (unpaired) electrons. The van der Waals surface area contributed by atoms with Gasteiger partial charge in [0.05, 0.1) is 26.6 Å². The molecule has 0 amide bonds. The lowest BCUT2D eigenvalue weighted by molar-refractivity contribution is -0.138. The van der Waals surface area contributed by atoms with Crippen molar-refractivity contribution in [2.45, 2.75) is 0 Å². The van der Waals surface area contributed by atoms with Gasteiger partial charge in [-0.1, -0.05) is 36.4 Å². The van der Waals surface area contributed by atoms with Crippen LogP contribution in [0.5, 0.6) is 11.5 Å². The lowest BCUT2D eigenvalue weighted by atomic mass is 10.0. The summed E-state index contributed by atoms with van der Waals surface area (Å²) >= 11 is 0. The molecule has 136 valence electrons. The predicted molar refractivity (Wildman–Crippen MR) is 101 cm³/mol. The fraction of sp³-hybridized carbons (Fsp3) is 0.0952. The van der Waals surface area contributed by atoms with E-state index in [1.807, 2.05) is 36.4 Å². The van der Waals surface area contributed by atoms with Crippen molar-refractivity contribution < 1.29 is 19.0 Å². The minimum absolute atomic E-state index is 0.0610. The maximum atomic E-state index is 11.3. The van der Waals surface area contributed by atoms with Gasteiger partial charge in [-0.05, 0) is 29.8 Å². The first-order chi connectivity index (χ1) is 13.1. The van der Waals surface area contributed by atoms with Crippen molar-refractivity contribution in [2.24, 2.45) is 0 Å². The highest BCUT2D eigenvalue weighted by molar-refractivity contribution is 5.85. The number of aromatic nitrogens is 2. The number of rotatable bonds is 6. The van der Waals surface area contributed by atoms with Crippen LogP contribution in [0.15, 0.2) is 73.3 Å². The molecule has 0 aliphatic carbocycles. The van der Waals surface area contributed by atoms with Crippen LogP contribution < -0.4 is 9.47 Å². The van der Waals surface area contributed by atoms with Crippen LogP contribution in [0.1, 0.15) is 0 Å². The van der Waals surface area contributed by atoms with Gasteiger partial charge in [0.25, 0.3) is 0 Å². The standard InChI is InChI=1S/C21H18N2O4/c1-14(21(24)26-3)27-18-10-8-16(9-11-18)15-4-6-17(7-5-15)20-22-12-19(25-2)13-23-20/h4-13H,1H2,2-3H3. The van der Waals surface area contributed by atoms with Crippen molar-refractivity contribution >= 4 is 5.97 Å². The van der Waals surface area contributed by atoms with E-state index in [4.69, 9.17) is 9.47 Å². The Morgan fingerprint density at radius 2 is 1.33 bits per heavy atom. The summed E-state index contributed by atoms with van der Waals surface area (Å²) in [5.74, 6) is 1.10. The lowest BCUT2D eigenvalue weighted by Crippen LogP contribution is -2.09. The fourth-order valence-corrected chi connectivity index (χ4v) is 2.40. The Balaban J connectivity index is 1.73. The first kappa shape index (κ1) is 18.1. The third kappa shape index (κ3) is 4.30. The van der Waals surface area contributed by atoms with E-state index in [-0.39, 0.29) is 5.76 Å². The third-order valence-electron chi connectivity index (χ3n) is 3.85. The van der Waals surface area contributed by atoms with Crippen LogP contribution in [0.3, 0.4) is 0 Å². The number of carbonyl (C=O) groups is 1. The summed E-state index contributed by atoms with van der Waals surface area (Å²) < 4.78 is 15.0. The molecule has 0 unspecified atom stereocenters. The molecule has 6 heteroatoms. The van der Waals surface area contributed by atoms with Crippen molar-refractivity contribution in [3.8, 4) is 34.0 Å². The smallest absolute Gasteiger partial charge is 0.373 e. The number of nitrogens with zero attached hydrogens (tertiary/aromatic N) is 2. The van der Waals surface area contributed by atoms with E-state index >= 15 is 0 Å². The number of carbonyl (C=O) groups excluding carboxylic acids is 1. The Bertz CT molecular complexity index is 933. The molecule has 0 aliphatic heterocycles. The number of hydrogen-bond acceptors (Lipinski definition) is 6. The molecule has 0 saturated heterocycles. The number of ether oxygens (including phenoxy) is 3. The van der Waals surface area contributed by atoms with Crippen molar-refractivity contribution in [3.05, 3.63) is 73.3 Å². The second kappa shape index (κ2) is 8.14. The Labute approximate surface area is 157 Å². The summed E-state index contributed by atoms with van der Waals surface area (Å²) in [5, 5.41) is 0. The van der Waals surface area contributed by atoms with Crippen LogP contribution in [0, 0.1) is 0 Å². The minimum atomic E-state index is -0.601. The van der Waals surface area contributed by atoms with Crippen LogP contribution in [0.2, 0.25) is 0 Å². The van der Waals surface area contributed by atoms with Crippen LogP contribution >= 0.6 is 0 Å². The number of esters is 1. The van der Waals surface area contributed by atoms with E-state index in [0.717, 1.165) is 16.7 Å². The second-order valence-electron chi connectivity index (χ2n) is 5.57. The van der Waals surface area contributed by atoms with E-state index in [9.17, 15) is 4.79 Å². The van der Waals surface area contributed by atoms with Gasteiger partial charge in [0.15, 0.2) is 11.6 Å².